The number of nitrogens with one attached hydrogen (secondary N) is 2. The quantitative estimate of drug-likeness (QED) is 0.829. The predicted octanol–water partition coefficient (Wildman–Crippen LogP) is 1.90. The number of halogens is 1. The van der Waals surface area contributed by atoms with Gasteiger partial charge in [-0.25, -0.2) is 0 Å². The molecule has 0 radical (unpaired) electrons. The molecule has 4 nitrogen and oxygen atoms in total. The van der Waals surface area contributed by atoms with Gasteiger partial charge in [0.15, 0.2) is 5.75 Å². The highest BCUT2D eigenvalue weighted by Crippen LogP contribution is 2.32. The summed E-state index contributed by atoms with van der Waals surface area (Å²) in [5.41, 5.74) is 0.594. The molecule has 0 aliphatic heterocycles. The molecule has 0 saturated carbocycles. The number of amides is 1. The number of rotatable bonds is 5. The number of hydrogen-bond acceptors (Lipinski definition) is 3. The van der Waals surface area contributed by atoms with E-state index in [1.165, 1.54) is 7.11 Å². The molecule has 1 rings (SSSR count). The number of carbonyl (C=O) groups is 1. The lowest BCUT2D eigenvalue weighted by atomic mass is 10.2. The van der Waals surface area contributed by atoms with Crippen molar-refractivity contribution in [1.29, 1.82) is 0 Å². The third-order valence-corrected chi connectivity index (χ3v) is 2.34. The van der Waals surface area contributed by atoms with Gasteiger partial charge in [-0.1, -0.05) is 17.7 Å². The minimum absolute atomic E-state index is 0.0742. The Hall–Kier alpha value is -1.26. The Labute approximate surface area is 99.9 Å². The van der Waals surface area contributed by atoms with Gasteiger partial charge in [0.2, 0.25) is 5.91 Å². The molecular formula is C11H15ClN2O2. The van der Waals surface area contributed by atoms with Crippen molar-refractivity contribution in [2.75, 3.05) is 26.0 Å². The van der Waals surface area contributed by atoms with Gasteiger partial charge in [0.25, 0.3) is 0 Å². The first kappa shape index (κ1) is 12.8. The summed E-state index contributed by atoms with van der Waals surface area (Å²) in [4.78, 5) is 11.5. The van der Waals surface area contributed by atoms with Crippen LogP contribution in [-0.4, -0.2) is 26.6 Å². The fourth-order valence-electron chi connectivity index (χ4n) is 1.27. The van der Waals surface area contributed by atoms with Crippen LogP contribution in [0.3, 0.4) is 0 Å². The van der Waals surface area contributed by atoms with Crippen LogP contribution >= 0.6 is 11.6 Å². The molecule has 0 bridgehead atoms. The molecule has 2 N–H and O–H groups in total. The maximum Gasteiger partial charge on any atom is 0.225 e. The fraction of sp³-hybridized carbons (Fsp3) is 0.364. The summed E-state index contributed by atoms with van der Waals surface area (Å²) in [5, 5.41) is 6.14. The second-order valence-electron chi connectivity index (χ2n) is 3.22. The maximum absolute atomic E-state index is 11.5. The van der Waals surface area contributed by atoms with Crippen LogP contribution in [0.15, 0.2) is 18.2 Å². The van der Waals surface area contributed by atoms with Crippen LogP contribution in [0, 0.1) is 0 Å². The summed E-state index contributed by atoms with van der Waals surface area (Å²) < 4.78 is 5.12. The molecule has 0 heterocycles. The molecule has 0 fully saturated rings. The van der Waals surface area contributed by atoms with Gasteiger partial charge < -0.3 is 15.4 Å². The Morgan fingerprint density at radius 2 is 2.25 bits per heavy atom. The molecule has 5 heteroatoms. The van der Waals surface area contributed by atoms with Gasteiger partial charge >= 0.3 is 0 Å². The van der Waals surface area contributed by atoms with Crippen LogP contribution < -0.4 is 15.4 Å². The lowest BCUT2D eigenvalue weighted by Crippen LogP contribution is -2.19. The van der Waals surface area contributed by atoms with E-state index < -0.39 is 0 Å². The summed E-state index contributed by atoms with van der Waals surface area (Å²) >= 11 is 5.93. The summed E-state index contributed by atoms with van der Waals surface area (Å²) in [6, 6.07) is 5.23. The van der Waals surface area contributed by atoms with Crippen LogP contribution in [0.1, 0.15) is 6.42 Å². The molecule has 0 aliphatic carbocycles. The standard InChI is InChI=1S/C11H15ClN2O2/c1-13-7-6-10(15)14-9-5-3-4-8(12)11(9)16-2/h3-5,13H,6-7H2,1-2H3,(H,14,15). The lowest BCUT2D eigenvalue weighted by molar-refractivity contribution is -0.116. The summed E-state index contributed by atoms with van der Waals surface area (Å²) in [7, 11) is 3.32. The van der Waals surface area contributed by atoms with E-state index in [1.807, 2.05) is 0 Å². The number of methoxy groups -OCH3 is 1. The van der Waals surface area contributed by atoms with Crippen molar-refractivity contribution in [2.24, 2.45) is 0 Å². The Morgan fingerprint density at radius 3 is 2.88 bits per heavy atom. The van der Waals surface area contributed by atoms with Crippen molar-refractivity contribution in [1.82, 2.24) is 5.32 Å². The number of ether oxygens (including phenoxy) is 1. The molecule has 0 unspecified atom stereocenters. The molecule has 0 aliphatic rings. The second-order valence-corrected chi connectivity index (χ2v) is 3.63. The minimum atomic E-state index is -0.0742. The van der Waals surface area contributed by atoms with E-state index in [0.717, 1.165) is 0 Å². The van der Waals surface area contributed by atoms with E-state index in [0.29, 0.717) is 29.4 Å². The molecule has 1 aromatic carbocycles. The Morgan fingerprint density at radius 1 is 1.50 bits per heavy atom. The fourth-order valence-corrected chi connectivity index (χ4v) is 1.52. The summed E-state index contributed by atoms with van der Waals surface area (Å²) in [6.07, 6.45) is 0.409. The first-order valence-electron chi connectivity index (χ1n) is 4.96. The van der Waals surface area contributed by atoms with Crippen LogP contribution in [0.4, 0.5) is 5.69 Å². The number of anilines is 1. The highest BCUT2D eigenvalue weighted by molar-refractivity contribution is 6.32. The Balaban J connectivity index is 2.73. The normalized spacial score (nSPS) is 9.94. The second kappa shape index (κ2) is 6.35. The first-order valence-corrected chi connectivity index (χ1v) is 5.33. The van der Waals surface area contributed by atoms with Crippen molar-refractivity contribution in [3.63, 3.8) is 0 Å². The Kier molecular flexibility index (Phi) is 5.08. The SMILES string of the molecule is CNCCC(=O)Nc1cccc(Cl)c1OC. The van der Waals surface area contributed by atoms with E-state index in [4.69, 9.17) is 16.3 Å². The average Bonchev–Trinajstić information content (AvgIpc) is 2.27. The highest BCUT2D eigenvalue weighted by atomic mass is 35.5. The van der Waals surface area contributed by atoms with E-state index in [2.05, 4.69) is 10.6 Å². The van der Waals surface area contributed by atoms with Crippen molar-refractivity contribution >= 4 is 23.2 Å². The molecule has 1 amide bonds. The number of benzene rings is 1. The Bertz CT molecular complexity index is 369. The zero-order chi connectivity index (χ0) is 12.0. The molecule has 88 valence electrons. The number of hydrogen-bond donors (Lipinski definition) is 2. The van der Waals surface area contributed by atoms with Gasteiger partial charge in [0, 0.05) is 13.0 Å². The lowest BCUT2D eigenvalue weighted by Gasteiger charge is -2.11. The maximum atomic E-state index is 11.5. The van der Waals surface area contributed by atoms with Gasteiger partial charge in [-0.3, -0.25) is 4.79 Å². The molecule has 0 atom stereocenters. The number of carbonyl (C=O) groups excluding carboxylic acids is 1. The zero-order valence-electron chi connectivity index (χ0n) is 9.34. The summed E-state index contributed by atoms with van der Waals surface area (Å²) in [5.74, 6) is 0.414. The van der Waals surface area contributed by atoms with Crippen molar-refractivity contribution < 1.29 is 9.53 Å². The molecule has 1 aromatic rings. The average molecular weight is 243 g/mol. The van der Waals surface area contributed by atoms with Gasteiger partial charge in [-0.15, -0.1) is 0 Å². The van der Waals surface area contributed by atoms with Gasteiger partial charge in [0.1, 0.15) is 0 Å². The molecule has 0 aromatic heterocycles. The van der Waals surface area contributed by atoms with Gasteiger partial charge in [-0.2, -0.15) is 0 Å². The van der Waals surface area contributed by atoms with Gasteiger partial charge in [-0.05, 0) is 19.2 Å². The van der Waals surface area contributed by atoms with Crippen LogP contribution in [0.25, 0.3) is 0 Å². The largest absolute Gasteiger partial charge is 0.493 e. The predicted molar refractivity (Wildman–Crippen MR) is 65.2 cm³/mol. The van der Waals surface area contributed by atoms with E-state index in [9.17, 15) is 4.79 Å². The number of para-hydroxylation sites is 1. The van der Waals surface area contributed by atoms with E-state index in [-0.39, 0.29) is 5.91 Å². The van der Waals surface area contributed by atoms with Crippen LogP contribution in [0.2, 0.25) is 5.02 Å². The third-order valence-electron chi connectivity index (χ3n) is 2.05. The summed E-state index contributed by atoms with van der Waals surface area (Å²) in [6.45, 7) is 0.634. The third kappa shape index (κ3) is 3.40. The van der Waals surface area contributed by atoms with Gasteiger partial charge in [0.05, 0.1) is 17.8 Å². The van der Waals surface area contributed by atoms with Crippen molar-refractivity contribution in [2.45, 2.75) is 6.42 Å². The van der Waals surface area contributed by atoms with Crippen LogP contribution in [0.5, 0.6) is 5.75 Å². The van der Waals surface area contributed by atoms with E-state index >= 15 is 0 Å². The topological polar surface area (TPSA) is 50.4 Å². The monoisotopic (exact) mass is 242 g/mol. The minimum Gasteiger partial charge on any atom is -0.493 e. The first-order chi connectivity index (χ1) is 7.69. The molecule has 16 heavy (non-hydrogen) atoms. The molecule has 0 spiro atoms. The van der Waals surface area contributed by atoms with E-state index in [1.54, 1.807) is 25.2 Å². The molecular weight excluding hydrogens is 228 g/mol. The van der Waals surface area contributed by atoms with Crippen molar-refractivity contribution in [3.8, 4) is 5.75 Å². The highest BCUT2D eigenvalue weighted by Gasteiger charge is 2.09. The zero-order valence-corrected chi connectivity index (χ0v) is 10.1. The van der Waals surface area contributed by atoms with Crippen molar-refractivity contribution in [3.05, 3.63) is 23.2 Å². The van der Waals surface area contributed by atoms with Crippen LogP contribution in [-0.2, 0) is 4.79 Å². The molecule has 0 saturated heterocycles. The smallest absolute Gasteiger partial charge is 0.225 e.